The SMILES string of the molecule is COc1ccc(Cl)cc1NC(=O)COC(=O)CCN1C(=O)[C@@H]2[C@H]3C[C@@H]([C@H](Br)[C@@H]3Br)[C@@H]2C1=O. The van der Waals surface area contributed by atoms with Crippen LogP contribution in [0.4, 0.5) is 5.69 Å². The van der Waals surface area contributed by atoms with Crippen molar-refractivity contribution in [1.82, 2.24) is 4.90 Å². The number of imide groups is 1. The molecule has 8 nitrogen and oxygen atoms in total. The van der Waals surface area contributed by atoms with Crippen molar-refractivity contribution in [3.8, 4) is 5.75 Å². The van der Waals surface area contributed by atoms with E-state index < -0.39 is 18.5 Å². The fourth-order valence-electron chi connectivity index (χ4n) is 5.02. The number of rotatable bonds is 7. The van der Waals surface area contributed by atoms with Crippen molar-refractivity contribution in [1.29, 1.82) is 0 Å². The first-order valence-corrected chi connectivity index (χ1v) is 12.4. The van der Waals surface area contributed by atoms with Gasteiger partial charge in [-0.15, -0.1) is 0 Å². The number of amides is 3. The summed E-state index contributed by atoms with van der Waals surface area (Å²) in [5, 5.41) is 2.98. The predicted molar refractivity (Wildman–Crippen MR) is 123 cm³/mol. The molecule has 3 amide bonds. The minimum atomic E-state index is -0.671. The summed E-state index contributed by atoms with van der Waals surface area (Å²) in [6.45, 7) is -0.561. The largest absolute Gasteiger partial charge is 0.495 e. The molecule has 0 unspecified atom stereocenters. The minimum Gasteiger partial charge on any atom is -0.495 e. The molecule has 1 saturated heterocycles. The normalized spacial score (nSPS) is 30.4. The summed E-state index contributed by atoms with van der Waals surface area (Å²) in [5.74, 6) is -1.65. The zero-order valence-corrected chi connectivity index (χ0v) is 21.0. The first-order valence-electron chi connectivity index (χ1n) is 10.1. The Hall–Kier alpha value is -1.65. The number of nitrogens with zero attached hydrogens (tertiary/aromatic N) is 1. The highest BCUT2D eigenvalue weighted by atomic mass is 79.9. The van der Waals surface area contributed by atoms with Gasteiger partial charge in [0, 0.05) is 21.2 Å². The molecular formula is C21H21Br2ClN2O6. The summed E-state index contributed by atoms with van der Waals surface area (Å²) in [4.78, 5) is 51.4. The summed E-state index contributed by atoms with van der Waals surface area (Å²) in [5.41, 5.74) is 0.352. The molecule has 1 aromatic carbocycles. The van der Waals surface area contributed by atoms with Gasteiger partial charge < -0.3 is 14.8 Å². The first-order chi connectivity index (χ1) is 15.2. The van der Waals surface area contributed by atoms with Crippen LogP contribution in [0.2, 0.25) is 5.02 Å². The Kier molecular flexibility index (Phi) is 6.84. The number of carbonyl (C=O) groups is 4. The van der Waals surface area contributed by atoms with E-state index in [0.717, 1.165) is 6.42 Å². The fraction of sp³-hybridized carbons (Fsp3) is 0.524. The maximum absolute atomic E-state index is 12.8. The molecule has 4 rings (SSSR count). The Bertz CT molecular complexity index is 944. The number of hydrogen-bond acceptors (Lipinski definition) is 6. The van der Waals surface area contributed by atoms with Crippen LogP contribution in [-0.2, 0) is 23.9 Å². The maximum Gasteiger partial charge on any atom is 0.308 e. The summed E-state index contributed by atoms with van der Waals surface area (Å²) >= 11 is 13.2. The molecule has 172 valence electrons. The van der Waals surface area contributed by atoms with Crippen LogP contribution in [0, 0.1) is 23.7 Å². The lowest BCUT2D eigenvalue weighted by Crippen LogP contribution is -2.37. The summed E-state index contributed by atoms with van der Waals surface area (Å²) < 4.78 is 10.2. The van der Waals surface area contributed by atoms with Gasteiger partial charge in [-0.1, -0.05) is 43.5 Å². The summed E-state index contributed by atoms with van der Waals surface area (Å²) in [6.07, 6.45) is 0.677. The molecular weight excluding hydrogens is 572 g/mol. The number of anilines is 1. The Labute approximate surface area is 206 Å². The van der Waals surface area contributed by atoms with Crippen LogP contribution >= 0.6 is 43.5 Å². The lowest BCUT2D eigenvalue weighted by Gasteiger charge is -2.28. The van der Waals surface area contributed by atoms with Crippen molar-refractivity contribution in [2.24, 2.45) is 23.7 Å². The van der Waals surface area contributed by atoms with Crippen molar-refractivity contribution in [3.63, 3.8) is 0 Å². The van der Waals surface area contributed by atoms with E-state index in [0.29, 0.717) is 16.5 Å². The Morgan fingerprint density at radius 2 is 1.78 bits per heavy atom. The molecule has 0 spiro atoms. The number of ether oxygens (including phenoxy) is 2. The number of fused-ring (bicyclic) bond motifs is 5. The number of esters is 1. The van der Waals surface area contributed by atoms with E-state index in [1.807, 2.05) is 0 Å². The number of carbonyl (C=O) groups excluding carboxylic acids is 4. The van der Waals surface area contributed by atoms with Crippen molar-refractivity contribution in [3.05, 3.63) is 23.2 Å². The van der Waals surface area contributed by atoms with Crippen molar-refractivity contribution < 1.29 is 28.7 Å². The van der Waals surface area contributed by atoms with E-state index in [1.165, 1.54) is 18.1 Å². The second-order valence-electron chi connectivity index (χ2n) is 8.14. The zero-order valence-electron chi connectivity index (χ0n) is 17.1. The molecule has 1 heterocycles. The summed E-state index contributed by atoms with van der Waals surface area (Å²) in [7, 11) is 1.45. The van der Waals surface area contributed by atoms with Crippen LogP contribution in [0.3, 0.4) is 0 Å². The Balaban J connectivity index is 1.27. The number of benzene rings is 1. The van der Waals surface area contributed by atoms with Gasteiger partial charge in [0.2, 0.25) is 11.8 Å². The third-order valence-electron chi connectivity index (χ3n) is 6.42. The molecule has 1 aromatic rings. The van der Waals surface area contributed by atoms with Crippen LogP contribution in [0.25, 0.3) is 0 Å². The van der Waals surface area contributed by atoms with E-state index in [9.17, 15) is 19.2 Å². The molecule has 32 heavy (non-hydrogen) atoms. The van der Waals surface area contributed by atoms with Gasteiger partial charge in [-0.25, -0.2) is 0 Å². The molecule has 6 atom stereocenters. The average Bonchev–Trinajstić information content (AvgIpc) is 3.36. The number of halogens is 3. The maximum atomic E-state index is 12.8. The van der Waals surface area contributed by atoms with Gasteiger partial charge in [-0.05, 0) is 36.5 Å². The van der Waals surface area contributed by atoms with Crippen LogP contribution in [0.1, 0.15) is 12.8 Å². The fourth-order valence-corrected chi connectivity index (χ4v) is 7.06. The van der Waals surface area contributed by atoms with E-state index >= 15 is 0 Å². The van der Waals surface area contributed by atoms with Crippen molar-refractivity contribution in [2.45, 2.75) is 22.5 Å². The number of alkyl halides is 2. The topological polar surface area (TPSA) is 102 Å². The number of nitrogens with one attached hydrogen (secondary N) is 1. The Morgan fingerprint density at radius 1 is 1.16 bits per heavy atom. The molecule has 3 fully saturated rings. The highest BCUT2D eigenvalue weighted by Crippen LogP contribution is 2.60. The molecule has 0 aromatic heterocycles. The monoisotopic (exact) mass is 590 g/mol. The van der Waals surface area contributed by atoms with E-state index in [-0.39, 0.29) is 58.1 Å². The molecule has 1 N–H and O–H groups in total. The van der Waals surface area contributed by atoms with Gasteiger partial charge in [-0.2, -0.15) is 0 Å². The number of likely N-dealkylation sites (tertiary alicyclic amines) is 1. The minimum absolute atomic E-state index is 0.0490. The third-order valence-corrected chi connectivity index (χ3v) is 9.86. The molecule has 2 bridgehead atoms. The highest BCUT2D eigenvalue weighted by Gasteiger charge is 2.66. The second-order valence-corrected chi connectivity index (χ2v) is 10.7. The van der Waals surface area contributed by atoms with Crippen LogP contribution in [0.15, 0.2) is 18.2 Å². The molecule has 2 aliphatic carbocycles. The van der Waals surface area contributed by atoms with Crippen LogP contribution in [-0.4, -0.2) is 58.5 Å². The van der Waals surface area contributed by atoms with E-state index in [1.54, 1.807) is 12.1 Å². The molecule has 3 aliphatic rings. The zero-order chi connectivity index (χ0) is 23.2. The predicted octanol–water partition coefficient (Wildman–Crippen LogP) is 3.00. The van der Waals surface area contributed by atoms with Crippen molar-refractivity contribution in [2.75, 3.05) is 25.6 Å². The lowest BCUT2D eigenvalue weighted by atomic mass is 9.81. The molecule has 1 aliphatic heterocycles. The van der Waals surface area contributed by atoms with Crippen LogP contribution < -0.4 is 10.1 Å². The van der Waals surface area contributed by atoms with Gasteiger partial charge in [0.25, 0.3) is 5.91 Å². The van der Waals surface area contributed by atoms with Gasteiger partial charge in [-0.3, -0.25) is 24.1 Å². The average molecular weight is 593 g/mol. The summed E-state index contributed by atoms with van der Waals surface area (Å²) in [6, 6.07) is 4.74. The third kappa shape index (κ3) is 4.17. The molecule has 11 heteroatoms. The van der Waals surface area contributed by atoms with Gasteiger partial charge in [0.15, 0.2) is 6.61 Å². The lowest BCUT2D eigenvalue weighted by molar-refractivity contribution is -0.149. The number of hydrogen-bond donors (Lipinski definition) is 1. The molecule has 0 radical (unpaired) electrons. The van der Waals surface area contributed by atoms with E-state index in [2.05, 4.69) is 37.2 Å². The van der Waals surface area contributed by atoms with Crippen LogP contribution in [0.5, 0.6) is 5.75 Å². The van der Waals surface area contributed by atoms with Gasteiger partial charge in [0.05, 0.1) is 31.1 Å². The van der Waals surface area contributed by atoms with Gasteiger partial charge in [0.1, 0.15) is 5.75 Å². The number of methoxy groups -OCH3 is 1. The van der Waals surface area contributed by atoms with E-state index in [4.69, 9.17) is 21.1 Å². The standard InChI is InChI=1S/C21H21Br2ClN2O6/c1-31-13-3-2-9(24)6-12(13)25-14(27)8-32-15(28)4-5-26-20(29)16-10-7-11(17(16)21(26)30)19(23)18(10)22/h2-3,6,10-11,16-19H,4-5,7-8H2,1H3,(H,25,27)/t10-,11-,16-,17+,18-,19+/m1/s1. The smallest absolute Gasteiger partial charge is 0.308 e. The Morgan fingerprint density at radius 3 is 2.38 bits per heavy atom. The first kappa shape index (κ1) is 23.5. The second kappa shape index (κ2) is 9.30. The molecule has 2 saturated carbocycles. The quantitative estimate of drug-likeness (QED) is 0.297. The highest BCUT2D eigenvalue weighted by molar-refractivity contribution is 9.12. The van der Waals surface area contributed by atoms with Crippen molar-refractivity contribution >= 4 is 72.8 Å². The van der Waals surface area contributed by atoms with Gasteiger partial charge >= 0.3 is 5.97 Å².